The van der Waals surface area contributed by atoms with Crippen LogP contribution in [0.15, 0.2) is 58.3 Å². The number of Topliss-reactive ketones (excluding diaryl/α,β-unsaturated/α-hetero) is 1. The first kappa shape index (κ1) is 18.5. The SMILES string of the molecule is Cc1ccc([S@](=O)c2ccccc2[C@](C)(C#N)[C@H]2CCCC(=O)C2)cc1. The van der Waals surface area contributed by atoms with Crippen LogP contribution in [0.25, 0.3) is 0 Å². The van der Waals surface area contributed by atoms with Crippen LogP contribution in [0.4, 0.5) is 0 Å². The number of carbonyl (C=O) groups is 1. The van der Waals surface area contributed by atoms with Gasteiger partial charge in [0.05, 0.1) is 22.3 Å². The van der Waals surface area contributed by atoms with Crippen molar-refractivity contribution in [3.05, 3.63) is 59.7 Å². The van der Waals surface area contributed by atoms with Crippen LogP contribution in [0.1, 0.15) is 43.7 Å². The van der Waals surface area contributed by atoms with Gasteiger partial charge in [0.1, 0.15) is 5.78 Å². The molecule has 26 heavy (non-hydrogen) atoms. The molecule has 0 radical (unpaired) electrons. The highest BCUT2D eigenvalue weighted by molar-refractivity contribution is 7.85. The summed E-state index contributed by atoms with van der Waals surface area (Å²) in [5, 5.41) is 10.0. The molecule has 3 atom stereocenters. The summed E-state index contributed by atoms with van der Waals surface area (Å²) < 4.78 is 13.2. The first-order chi connectivity index (χ1) is 12.5. The third-order valence-electron chi connectivity index (χ3n) is 5.41. The predicted octanol–water partition coefficient (Wildman–Crippen LogP) is 4.70. The minimum atomic E-state index is -1.36. The summed E-state index contributed by atoms with van der Waals surface area (Å²) in [5.74, 6) is 0.185. The van der Waals surface area contributed by atoms with Gasteiger partial charge in [-0.15, -0.1) is 0 Å². The number of nitriles is 1. The van der Waals surface area contributed by atoms with Gasteiger partial charge in [0.2, 0.25) is 0 Å². The molecule has 0 heterocycles. The zero-order valence-electron chi connectivity index (χ0n) is 15.2. The lowest BCUT2D eigenvalue weighted by Crippen LogP contribution is -2.35. The number of aryl methyl sites for hydroxylation is 1. The van der Waals surface area contributed by atoms with Crippen LogP contribution in [0, 0.1) is 24.2 Å². The topological polar surface area (TPSA) is 57.9 Å². The minimum absolute atomic E-state index is 0.0371. The smallest absolute Gasteiger partial charge is 0.133 e. The van der Waals surface area contributed by atoms with Gasteiger partial charge in [-0.2, -0.15) is 5.26 Å². The van der Waals surface area contributed by atoms with Crippen molar-refractivity contribution in [2.24, 2.45) is 5.92 Å². The van der Waals surface area contributed by atoms with Crippen molar-refractivity contribution in [1.82, 2.24) is 0 Å². The van der Waals surface area contributed by atoms with Gasteiger partial charge in [-0.1, -0.05) is 35.9 Å². The van der Waals surface area contributed by atoms with Crippen LogP contribution in [0.3, 0.4) is 0 Å². The molecular weight excluding hydrogens is 342 g/mol. The third kappa shape index (κ3) is 3.50. The van der Waals surface area contributed by atoms with Crippen LogP contribution in [-0.4, -0.2) is 9.99 Å². The maximum absolute atomic E-state index is 13.2. The molecule has 0 spiro atoms. The average Bonchev–Trinajstić information content (AvgIpc) is 2.67. The predicted molar refractivity (Wildman–Crippen MR) is 102 cm³/mol. The molecule has 2 aromatic carbocycles. The quantitative estimate of drug-likeness (QED) is 0.789. The molecule has 0 aliphatic heterocycles. The fourth-order valence-electron chi connectivity index (χ4n) is 3.73. The van der Waals surface area contributed by atoms with Crippen LogP contribution < -0.4 is 0 Å². The van der Waals surface area contributed by atoms with Gasteiger partial charge in [0, 0.05) is 22.6 Å². The van der Waals surface area contributed by atoms with E-state index in [9.17, 15) is 14.3 Å². The Bertz CT molecular complexity index is 882. The normalized spacial score (nSPS) is 20.8. The first-order valence-corrected chi connectivity index (χ1v) is 10.1. The minimum Gasteiger partial charge on any atom is -0.300 e. The molecule has 0 bridgehead atoms. The summed E-state index contributed by atoms with van der Waals surface area (Å²) in [6.07, 6.45) is 2.70. The summed E-state index contributed by atoms with van der Waals surface area (Å²) in [6.45, 7) is 3.88. The molecule has 0 saturated heterocycles. The van der Waals surface area contributed by atoms with E-state index in [-0.39, 0.29) is 11.7 Å². The summed E-state index contributed by atoms with van der Waals surface area (Å²) >= 11 is 0. The zero-order valence-corrected chi connectivity index (χ0v) is 16.0. The van der Waals surface area contributed by atoms with E-state index in [1.807, 2.05) is 62.4 Å². The summed E-state index contributed by atoms with van der Waals surface area (Å²) in [6, 6.07) is 17.6. The van der Waals surface area contributed by atoms with Crippen LogP contribution in [0.5, 0.6) is 0 Å². The summed E-state index contributed by atoms with van der Waals surface area (Å²) in [5.41, 5.74) is 1.07. The van der Waals surface area contributed by atoms with Crippen molar-refractivity contribution >= 4 is 16.6 Å². The highest BCUT2D eigenvalue weighted by Crippen LogP contribution is 2.42. The first-order valence-electron chi connectivity index (χ1n) is 8.96. The molecule has 2 aromatic rings. The van der Waals surface area contributed by atoms with Crippen molar-refractivity contribution in [3.8, 4) is 6.07 Å². The highest BCUT2D eigenvalue weighted by atomic mass is 32.2. The third-order valence-corrected chi connectivity index (χ3v) is 6.87. The van der Waals surface area contributed by atoms with Crippen molar-refractivity contribution in [2.45, 2.75) is 54.7 Å². The van der Waals surface area contributed by atoms with E-state index >= 15 is 0 Å². The molecule has 1 fully saturated rings. The molecule has 1 aliphatic carbocycles. The standard InChI is InChI=1S/C22H23NO2S/c1-16-10-12-19(13-11-16)26(25)21-9-4-3-8-20(21)22(2,15-23)17-6-5-7-18(24)14-17/h3-4,8-13,17H,5-7,14H2,1-2H3/t17-,22+,26-/m0/s1. The number of benzene rings is 2. The second-order valence-electron chi connectivity index (χ2n) is 7.22. The Morgan fingerprint density at radius 3 is 2.50 bits per heavy atom. The lowest BCUT2D eigenvalue weighted by atomic mass is 9.67. The van der Waals surface area contributed by atoms with E-state index in [1.165, 1.54) is 0 Å². The average molecular weight is 365 g/mol. The number of ketones is 1. The van der Waals surface area contributed by atoms with E-state index in [4.69, 9.17) is 0 Å². The Balaban J connectivity index is 2.05. The van der Waals surface area contributed by atoms with Gasteiger partial charge >= 0.3 is 0 Å². The zero-order chi connectivity index (χ0) is 18.7. The van der Waals surface area contributed by atoms with Gasteiger partial charge in [0.25, 0.3) is 0 Å². The van der Waals surface area contributed by atoms with E-state index in [2.05, 4.69) is 6.07 Å². The molecule has 0 unspecified atom stereocenters. The molecule has 4 heteroatoms. The Labute approximate surface area is 157 Å². The van der Waals surface area contributed by atoms with Gasteiger partial charge in [-0.05, 0) is 56.4 Å². The molecular formula is C22H23NO2S. The number of hydrogen-bond donors (Lipinski definition) is 0. The van der Waals surface area contributed by atoms with Crippen molar-refractivity contribution in [3.63, 3.8) is 0 Å². The Morgan fingerprint density at radius 1 is 1.15 bits per heavy atom. The summed E-state index contributed by atoms with van der Waals surface area (Å²) in [4.78, 5) is 13.4. The van der Waals surface area contributed by atoms with Gasteiger partial charge < -0.3 is 0 Å². The second-order valence-corrected chi connectivity index (χ2v) is 8.67. The number of carbonyl (C=O) groups excluding carboxylic acids is 1. The fourth-order valence-corrected chi connectivity index (χ4v) is 5.05. The molecule has 0 amide bonds. The van der Waals surface area contributed by atoms with E-state index in [0.29, 0.717) is 17.7 Å². The molecule has 1 saturated carbocycles. The van der Waals surface area contributed by atoms with Crippen molar-refractivity contribution in [1.29, 1.82) is 5.26 Å². The number of nitrogens with zero attached hydrogens (tertiary/aromatic N) is 1. The Hall–Kier alpha value is -2.25. The Morgan fingerprint density at radius 2 is 1.85 bits per heavy atom. The molecule has 0 aromatic heterocycles. The number of hydrogen-bond acceptors (Lipinski definition) is 3. The monoisotopic (exact) mass is 365 g/mol. The molecule has 0 N–H and O–H groups in total. The van der Waals surface area contributed by atoms with E-state index in [0.717, 1.165) is 28.9 Å². The molecule has 134 valence electrons. The summed E-state index contributed by atoms with van der Waals surface area (Å²) in [7, 11) is -1.36. The highest BCUT2D eigenvalue weighted by Gasteiger charge is 2.40. The van der Waals surface area contributed by atoms with Gasteiger partial charge in [-0.3, -0.25) is 4.79 Å². The lowest BCUT2D eigenvalue weighted by Gasteiger charge is -2.35. The lowest BCUT2D eigenvalue weighted by molar-refractivity contribution is -0.122. The van der Waals surface area contributed by atoms with Crippen LogP contribution >= 0.6 is 0 Å². The van der Waals surface area contributed by atoms with E-state index < -0.39 is 16.2 Å². The number of rotatable bonds is 4. The largest absolute Gasteiger partial charge is 0.300 e. The van der Waals surface area contributed by atoms with Crippen molar-refractivity contribution in [2.75, 3.05) is 0 Å². The second kappa shape index (κ2) is 7.55. The van der Waals surface area contributed by atoms with Gasteiger partial charge in [-0.25, -0.2) is 4.21 Å². The maximum Gasteiger partial charge on any atom is 0.133 e. The molecule has 3 nitrogen and oxygen atoms in total. The van der Waals surface area contributed by atoms with Crippen LogP contribution in [-0.2, 0) is 21.0 Å². The fraction of sp³-hybridized carbons (Fsp3) is 0.364. The van der Waals surface area contributed by atoms with E-state index in [1.54, 1.807) is 0 Å². The van der Waals surface area contributed by atoms with Crippen LogP contribution in [0.2, 0.25) is 0 Å². The maximum atomic E-state index is 13.2. The Kier molecular flexibility index (Phi) is 5.38. The molecule has 1 aliphatic rings. The van der Waals surface area contributed by atoms with Gasteiger partial charge in [0.15, 0.2) is 0 Å². The van der Waals surface area contributed by atoms with Crippen molar-refractivity contribution < 1.29 is 9.00 Å². The molecule has 3 rings (SSSR count).